The molecule has 3 aliphatic rings. The molecule has 0 radical (unpaired) electrons. The summed E-state index contributed by atoms with van der Waals surface area (Å²) in [7, 11) is 0. The first kappa shape index (κ1) is 19.0. The molecule has 0 aromatic heterocycles. The van der Waals surface area contributed by atoms with Gasteiger partial charge < -0.3 is 15.1 Å². The van der Waals surface area contributed by atoms with E-state index in [0.29, 0.717) is 11.8 Å². The van der Waals surface area contributed by atoms with Gasteiger partial charge in [0.15, 0.2) is 0 Å². The van der Waals surface area contributed by atoms with Crippen molar-refractivity contribution in [3.05, 3.63) is 0 Å². The highest BCUT2D eigenvalue weighted by Crippen LogP contribution is 2.25. The Morgan fingerprint density at radius 3 is 2.26 bits per heavy atom. The highest BCUT2D eigenvalue weighted by molar-refractivity contribution is 5.85. The van der Waals surface area contributed by atoms with Crippen LogP contribution in [0.3, 0.4) is 0 Å². The highest BCUT2D eigenvalue weighted by Gasteiger charge is 2.28. The van der Waals surface area contributed by atoms with Crippen molar-refractivity contribution in [2.75, 3.05) is 45.8 Å². The van der Waals surface area contributed by atoms with Crippen molar-refractivity contribution < 1.29 is 4.79 Å². The number of hydrogen-bond donors (Lipinski definition) is 1. The summed E-state index contributed by atoms with van der Waals surface area (Å²) in [4.78, 5) is 17.3. The van der Waals surface area contributed by atoms with Gasteiger partial charge in [0, 0.05) is 19.0 Å². The summed E-state index contributed by atoms with van der Waals surface area (Å²) in [5, 5.41) is 3.35. The van der Waals surface area contributed by atoms with Gasteiger partial charge in [0.2, 0.25) is 5.91 Å². The van der Waals surface area contributed by atoms with Crippen LogP contribution in [0.5, 0.6) is 0 Å². The molecule has 0 aromatic rings. The number of carbonyl (C=O) groups excluding carboxylic acids is 1. The van der Waals surface area contributed by atoms with E-state index in [-0.39, 0.29) is 12.4 Å². The third-order valence-electron chi connectivity index (χ3n) is 5.90. The lowest BCUT2D eigenvalue weighted by Gasteiger charge is -2.35. The van der Waals surface area contributed by atoms with Crippen molar-refractivity contribution in [3.63, 3.8) is 0 Å². The Morgan fingerprint density at radius 1 is 0.957 bits per heavy atom. The van der Waals surface area contributed by atoms with Gasteiger partial charge in [-0.3, -0.25) is 4.79 Å². The van der Waals surface area contributed by atoms with Crippen molar-refractivity contribution in [3.8, 4) is 0 Å². The predicted octanol–water partition coefficient (Wildman–Crippen LogP) is 2.52. The molecule has 3 heterocycles. The average Bonchev–Trinajstić information content (AvgIpc) is 3.09. The molecule has 0 unspecified atom stereocenters. The standard InChI is InChI=1S/C18H33N3O.ClH/c22-18(17-5-9-19-10-6-17)21-14-7-16(8-15-21)4-3-13-20-11-1-2-12-20;/h16-17,19H,1-15H2;1H. The fourth-order valence-electron chi connectivity index (χ4n) is 4.38. The zero-order valence-corrected chi connectivity index (χ0v) is 15.3. The molecule has 134 valence electrons. The molecule has 0 atom stereocenters. The lowest BCUT2D eigenvalue weighted by Crippen LogP contribution is -2.44. The van der Waals surface area contributed by atoms with Gasteiger partial charge in [0.25, 0.3) is 0 Å². The molecule has 3 aliphatic heterocycles. The summed E-state index contributed by atoms with van der Waals surface area (Å²) >= 11 is 0. The smallest absolute Gasteiger partial charge is 0.225 e. The number of carbonyl (C=O) groups is 1. The first-order valence-electron chi connectivity index (χ1n) is 9.55. The Morgan fingerprint density at radius 2 is 1.61 bits per heavy atom. The van der Waals surface area contributed by atoms with Crippen molar-refractivity contribution in [2.45, 2.75) is 51.4 Å². The zero-order valence-electron chi connectivity index (χ0n) is 14.5. The van der Waals surface area contributed by atoms with E-state index in [1.807, 2.05) is 0 Å². The van der Waals surface area contributed by atoms with Crippen molar-refractivity contribution in [1.29, 1.82) is 0 Å². The Labute approximate surface area is 147 Å². The summed E-state index contributed by atoms with van der Waals surface area (Å²) < 4.78 is 0. The van der Waals surface area contributed by atoms with E-state index in [0.717, 1.165) is 44.9 Å². The van der Waals surface area contributed by atoms with Gasteiger partial charge >= 0.3 is 0 Å². The summed E-state index contributed by atoms with van der Waals surface area (Å²) in [5.41, 5.74) is 0. The number of nitrogens with one attached hydrogen (secondary N) is 1. The second kappa shape index (κ2) is 9.85. The van der Waals surface area contributed by atoms with Gasteiger partial charge in [-0.15, -0.1) is 12.4 Å². The molecule has 0 aliphatic carbocycles. The Bertz CT molecular complexity index is 346. The molecule has 3 saturated heterocycles. The highest BCUT2D eigenvalue weighted by atomic mass is 35.5. The van der Waals surface area contributed by atoms with E-state index in [4.69, 9.17) is 0 Å². The maximum absolute atomic E-state index is 12.5. The summed E-state index contributed by atoms with van der Waals surface area (Å²) in [5.74, 6) is 1.60. The second-order valence-corrected chi connectivity index (χ2v) is 7.48. The van der Waals surface area contributed by atoms with Crippen LogP contribution in [-0.2, 0) is 4.79 Å². The molecule has 0 aromatic carbocycles. The summed E-state index contributed by atoms with van der Waals surface area (Å²) in [6.07, 6.45) is 10.1. The first-order valence-corrected chi connectivity index (χ1v) is 9.55. The zero-order chi connectivity index (χ0) is 15.2. The molecule has 3 rings (SSSR count). The van der Waals surface area contributed by atoms with Gasteiger partial charge in [0.1, 0.15) is 0 Å². The minimum atomic E-state index is 0. The first-order chi connectivity index (χ1) is 10.8. The number of hydrogen-bond acceptors (Lipinski definition) is 3. The molecule has 23 heavy (non-hydrogen) atoms. The third kappa shape index (κ3) is 5.61. The Kier molecular flexibility index (Phi) is 8.14. The van der Waals surface area contributed by atoms with Crippen LogP contribution in [-0.4, -0.2) is 61.5 Å². The predicted molar refractivity (Wildman–Crippen MR) is 97.1 cm³/mol. The quantitative estimate of drug-likeness (QED) is 0.833. The van der Waals surface area contributed by atoms with Crippen LogP contribution in [0.4, 0.5) is 0 Å². The number of rotatable bonds is 5. The van der Waals surface area contributed by atoms with Gasteiger partial charge in [-0.1, -0.05) is 0 Å². The van der Waals surface area contributed by atoms with Crippen molar-refractivity contribution in [2.24, 2.45) is 11.8 Å². The van der Waals surface area contributed by atoms with E-state index < -0.39 is 0 Å². The number of nitrogens with zero attached hydrogens (tertiary/aromatic N) is 2. The normalized spacial score (nSPS) is 24.6. The molecule has 5 heteroatoms. The topological polar surface area (TPSA) is 35.6 Å². The molecule has 1 amide bonds. The Hall–Kier alpha value is -0.320. The lowest BCUT2D eigenvalue weighted by atomic mass is 9.90. The summed E-state index contributed by atoms with van der Waals surface area (Å²) in [6.45, 7) is 8.00. The second-order valence-electron chi connectivity index (χ2n) is 7.48. The molecule has 0 bridgehead atoms. The van der Waals surface area contributed by atoms with Crippen molar-refractivity contribution >= 4 is 18.3 Å². The van der Waals surface area contributed by atoms with Crippen LogP contribution in [0, 0.1) is 11.8 Å². The van der Waals surface area contributed by atoms with Gasteiger partial charge in [-0.25, -0.2) is 0 Å². The summed E-state index contributed by atoms with van der Waals surface area (Å²) in [6, 6.07) is 0. The molecular weight excluding hydrogens is 310 g/mol. The average molecular weight is 344 g/mol. The fraction of sp³-hybridized carbons (Fsp3) is 0.944. The van der Waals surface area contributed by atoms with Crippen LogP contribution >= 0.6 is 12.4 Å². The van der Waals surface area contributed by atoms with E-state index in [9.17, 15) is 4.79 Å². The maximum Gasteiger partial charge on any atom is 0.225 e. The molecular formula is C18H34ClN3O. The fourth-order valence-corrected chi connectivity index (χ4v) is 4.38. The van der Waals surface area contributed by atoms with E-state index in [1.54, 1.807) is 0 Å². The monoisotopic (exact) mass is 343 g/mol. The Balaban J connectivity index is 0.00000192. The van der Waals surface area contributed by atoms with Gasteiger partial charge in [-0.2, -0.15) is 0 Å². The largest absolute Gasteiger partial charge is 0.342 e. The van der Waals surface area contributed by atoms with Crippen LogP contribution in [0.2, 0.25) is 0 Å². The minimum Gasteiger partial charge on any atom is -0.342 e. The number of likely N-dealkylation sites (tertiary alicyclic amines) is 2. The van der Waals surface area contributed by atoms with Crippen LogP contribution in [0.1, 0.15) is 51.4 Å². The third-order valence-corrected chi connectivity index (χ3v) is 5.90. The van der Waals surface area contributed by atoms with Crippen molar-refractivity contribution in [1.82, 2.24) is 15.1 Å². The molecule has 0 saturated carbocycles. The van der Waals surface area contributed by atoms with E-state index >= 15 is 0 Å². The SMILES string of the molecule is Cl.O=C(C1CCNCC1)N1CCC(CCCN2CCCC2)CC1. The van der Waals surface area contributed by atoms with Gasteiger partial charge in [-0.05, 0) is 90.0 Å². The lowest BCUT2D eigenvalue weighted by molar-refractivity contribution is -0.137. The number of halogens is 1. The van der Waals surface area contributed by atoms with E-state index in [1.165, 1.54) is 58.2 Å². The number of amides is 1. The molecule has 0 spiro atoms. The molecule has 4 nitrogen and oxygen atoms in total. The van der Waals surface area contributed by atoms with E-state index in [2.05, 4.69) is 15.1 Å². The van der Waals surface area contributed by atoms with Crippen LogP contribution in [0.25, 0.3) is 0 Å². The molecule has 1 N–H and O–H groups in total. The minimum absolute atomic E-state index is 0. The van der Waals surface area contributed by atoms with Gasteiger partial charge in [0.05, 0.1) is 0 Å². The number of piperidine rings is 2. The van der Waals surface area contributed by atoms with Crippen LogP contribution < -0.4 is 5.32 Å². The molecule has 3 fully saturated rings. The van der Waals surface area contributed by atoms with Crippen LogP contribution in [0.15, 0.2) is 0 Å². The maximum atomic E-state index is 12.5.